The number of urea groups is 1. The highest BCUT2D eigenvalue weighted by molar-refractivity contribution is 7.22. The number of nitrogens with zero attached hydrogens (tertiary/aromatic N) is 5. The minimum absolute atomic E-state index is 0.0633. The quantitative estimate of drug-likeness (QED) is 0.239. The first-order valence-corrected chi connectivity index (χ1v) is 15.6. The number of hydrogen-bond acceptors (Lipinski definition) is 8. The van der Waals surface area contributed by atoms with Crippen LogP contribution in [0, 0.1) is 0 Å². The summed E-state index contributed by atoms with van der Waals surface area (Å²) in [5.74, 6) is -0.681. The minimum atomic E-state index is -0.823. The Labute approximate surface area is 270 Å². The van der Waals surface area contributed by atoms with Gasteiger partial charge in [-0.1, -0.05) is 59.9 Å². The molecule has 0 bridgehead atoms. The number of nitrogen functional groups attached to an aromatic ring is 1. The number of rotatable bonds is 9. The molecule has 46 heavy (non-hydrogen) atoms. The van der Waals surface area contributed by atoms with Crippen molar-refractivity contribution in [3.8, 4) is 0 Å². The van der Waals surface area contributed by atoms with E-state index in [0.29, 0.717) is 16.4 Å². The first kappa shape index (κ1) is 30.7. The second kappa shape index (κ2) is 13.0. The van der Waals surface area contributed by atoms with Gasteiger partial charge in [0.1, 0.15) is 12.2 Å². The van der Waals surface area contributed by atoms with E-state index in [1.807, 2.05) is 36.4 Å². The molecule has 2 fully saturated rings. The Kier molecular flexibility index (Phi) is 8.68. The first-order chi connectivity index (χ1) is 22.3. The third-order valence-corrected chi connectivity index (χ3v) is 9.03. The lowest BCUT2D eigenvalue weighted by Crippen LogP contribution is -2.65. The van der Waals surface area contributed by atoms with E-state index in [4.69, 9.17) is 5.73 Å². The Bertz CT molecular complexity index is 1790. The summed E-state index contributed by atoms with van der Waals surface area (Å²) in [5, 5.41) is 9.13. The molecule has 6 rings (SSSR count). The molecule has 4 aromatic rings. The van der Waals surface area contributed by atoms with Gasteiger partial charge in [0.05, 0.1) is 29.9 Å². The van der Waals surface area contributed by atoms with Gasteiger partial charge in [-0.3, -0.25) is 19.4 Å². The first-order valence-electron chi connectivity index (χ1n) is 14.8. The summed E-state index contributed by atoms with van der Waals surface area (Å²) in [4.78, 5) is 61.2. The number of piperazine rings is 1. The van der Waals surface area contributed by atoms with E-state index in [0.717, 1.165) is 21.3 Å². The molecule has 3 heterocycles. The van der Waals surface area contributed by atoms with Gasteiger partial charge in [0.25, 0.3) is 5.91 Å². The van der Waals surface area contributed by atoms with E-state index in [-0.39, 0.29) is 56.4 Å². The van der Waals surface area contributed by atoms with Crippen molar-refractivity contribution in [3.05, 3.63) is 102 Å². The number of nitrogens with one attached hydrogen (secondary N) is 2. The molecule has 0 spiro atoms. The van der Waals surface area contributed by atoms with Crippen molar-refractivity contribution in [3.63, 3.8) is 0 Å². The van der Waals surface area contributed by atoms with Crippen molar-refractivity contribution < 1.29 is 19.2 Å². The summed E-state index contributed by atoms with van der Waals surface area (Å²) in [7, 11) is 1.53. The molecule has 2 saturated heterocycles. The average Bonchev–Trinajstić information content (AvgIpc) is 3.61. The maximum absolute atomic E-state index is 14.2. The van der Waals surface area contributed by atoms with Gasteiger partial charge in [-0.2, -0.15) is 5.01 Å². The molecular weight excluding hydrogens is 604 g/mol. The minimum Gasteiger partial charge on any atom is -0.375 e. The van der Waals surface area contributed by atoms with Crippen LogP contribution in [0.1, 0.15) is 21.5 Å². The molecule has 2 aliphatic rings. The van der Waals surface area contributed by atoms with Gasteiger partial charge in [0.2, 0.25) is 11.8 Å². The number of thiazole rings is 1. The molecule has 5 amide bonds. The second-order valence-corrected chi connectivity index (χ2v) is 12.1. The van der Waals surface area contributed by atoms with Crippen molar-refractivity contribution in [2.24, 2.45) is 0 Å². The van der Waals surface area contributed by atoms with Crippen LogP contribution in [0.4, 0.5) is 15.6 Å². The van der Waals surface area contributed by atoms with Crippen LogP contribution in [-0.2, 0) is 22.6 Å². The van der Waals surface area contributed by atoms with Gasteiger partial charge in [-0.25, -0.2) is 9.78 Å². The van der Waals surface area contributed by atoms with Crippen LogP contribution in [0.2, 0.25) is 0 Å². The smallest absolute Gasteiger partial charge is 0.332 e. The largest absolute Gasteiger partial charge is 0.375 e. The number of nitrogens with two attached hydrogens (primary N) is 1. The van der Waals surface area contributed by atoms with Crippen molar-refractivity contribution in [2.75, 3.05) is 37.7 Å². The maximum atomic E-state index is 14.2. The molecule has 236 valence electrons. The topological polar surface area (TPSA) is 144 Å². The fraction of sp³-hybridized carbons (Fsp3) is 0.242. The van der Waals surface area contributed by atoms with Crippen molar-refractivity contribution in [1.29, 1.82) is 0 Å². The summed E-state index contributed by atoms with van der Waals surface area (Å²) in [6, 6.07) is 20.7. The number of hydrogen-bond donors (Lipinski definition) is 3. The summed E-state index contributed by atoms with van der Waals surface area (Å²) in [5.41, 5.74) is 9.55. The zero-order valence-electron chi connectivity index (χ0n) is 25.3. The molecular formula is C33H34N8O4S. The molecule has 0 radical (unpaired) electrons. The highest BCUT2D eigenvalue weighted by Gasteiger charge is 2.52. The van der Waals surface area contributed by atoms with Gasteiger partial charge in [-0.05, 0) is 41.5 Å². The van der Waals surface area contributed by atoms with Gasteiger partial charge >= 0.3 is 6.03 Å². The number of hydrazine groups is 1. The van der Waals surface area contributed by atoms with Crippen LogP contribution in [-0.4, -0.2) is 87.4 Å². The highest BCUT2D eigenvalue weighted by Crippen LogP contribution is 2.32. The molecule has 0 aliphatic carbocycles. The lowest BCUT2D eigenvalue weighted by atomic mass is 9.99. The molecule has 2 atom stereocenters. The Morgan fingerprint density at radius 1 is 1.09 bits per heavy atom. The zero-order valence-corrected chi connectivity index (χ0v) is 26.1. The molecule has 1 aromatic heterocycles. The summed E-state index contributed by atoms with van der Waals surface area (Å²) in [6.45, 7) is 4.35. The summed E-state index contributed by atoms with van der Waals surface area (Å²) < 4.78 is 0.923. The fourth-order valence-electron chi connectivity index (χ4n) is 6.04. The Morgan fingerprint density at radius 2 is 1.85 bits per heavy atom. The number of carbonyl (C=O) groups is 4. The standard InChI is InChI=1S/C33H34N8O4S/c1-3-16-39(33(45)35-2)40-20-28(42)41-25(17-21-12-14-24(15-13-21)36-30(43)22-8-5-4-6-9-22)31(44)38(19-27(40)41)18-23-10-7-11-26-29(23)37-32(34)46-26/h3-15,25,27H,1,16-20H2,2H3,(H2,34,37)(H,35,45)(H,36,43)/t25-,27+/m0/s1. The van der Waals surface area contributed by atoms with Crippen LogP contribution in [0.25, 0.3) is 10.2 Å². The van der Waals surface area contributed by atoms with E-state index in [2.05, 4.69) is 22.2 Å². The SMILES string of the molecule is C=CCN(C(=O)NC)N1CC(=O)N2[C@@H](Cc3ccc(NC(=O)c4ccccc4)cc3)C(=O)N(Cc3cccc4sc(N)nc34)C[C@@H]21. The summed E-state index contributed by atoms with van der Waals surface area (Å²) in [6.07, 6.45) is 1.25. The maximum Gasteiger partial charge on any atom is 0.332 e. The highest BCUT2D eigenvalue weighted by atomic mass is 32.1. The number of fused-ring (bicyclic) bond motifs is 2. The number of amides is 5. The van der Waals surface area contributed by atoms with Crippen LogP contribution in [0.3, 0.4) is 0 Å². The van der Waals surface area contributed by atoms with Gasteiger partial charge in [-0.15, -0.1) is 6.58 Å². The van der Waals surface area contributed by atoms with Crippen LogP contribution >= 0.6 is 11.3 Å². The third-order valence-electron chi connectivity index (χ3n) is 8.18. The molecule has 4 N–H and O–H groups in total. The molecule has 0 unspecified atom stereocenters. The van der Waals surface area contributed by atoms with E-state index >= 15 is 0 Å². The lowest BCUT2D eigenvalue weighted by Gasteiger charge is -2.46. The summed E-state index contributed by atoms with van der Waals surface area (Å²) >= 11 is 1.38. The Morgan fingerprint density at radius 3 is 2.57 bits per heavy atom. The number of para-hydroxylation sites is 1. The Balaban J connectivity index is 1.29. The molecule has 2 aliphatic heterocycles. The van der Waals surface area contributed by atoms with Gasteiger partial charge in [0.15, 0.2) is 5.13 Å². The molecule has 12 nitrogen and oxygen atoms in total. The molecule has 13 heteroatoms. The second-order valence-electron chi connectivity index (χ2n) is 11.1. The monoisotopic (exact) mass is 638 g/mol. The number of aromatic nitrogens is 1. The molecule has 0 saturated carbocycles. The van der Waals surface area contributed by atoms with E-state index in [1.54, 1.807) is 57.3 Å². The van der Waals surface area contributed by atoms with E-state index in [9.17, 15) is 19.2 Å². The predicted molar refractivity (Wildman–Crippen MR) is 176 cm³/mol. The average molecular weight is 639 g/mol. The van der Waals surface area contributed by atoms with Crippen molar-refractivity contribution in [2.45, 2.75) is 25.2 Å². The predicted octanol–water partition coefficient (Wildman–Crippen LogP) is 3.30. The van der Waals surface area contributed by atoms with Gasteiger partial charge < -0.3 is 26.2 Å². The zero-order chi connectivity index (χ0) is 32.4. The van der Waals surface area contributed by atoms with Crippen LogP contribution < -0.4 is 16.4 Å². The lowest BCUT2D eigenvalue weighted by molar-refractivity contribution is -0.157. The van der Waals surface area contributed by atoms with Gasteiger partial charge in [0, 0.05) is 31.3 Å². The number of carbonyl (C=O) groups excluding carboxylic acids is 4. The normalized spacial score (nSPS) is 18.0. The van der Waals surface area contributed by atoms with Crippen molar-refractivity contribution >= 4 is 56.1 Å². The van der Waals surface area contributed by atoms with E-state index in [1.165, 1.54) is 23.4 Å². The number of anilines is 2. The van der Waals surface area contributed by atoms with E-state index < -0.39 is 12.2 Å². The van der Waals surface area contributed by atoms with Crippen LogP contribution in [0.5, 0.6) is 0 Å². The number of benzene rings is 3. The third kappa shape index (κ3) is 6.02. The molecule has 3 aromatic carbocycles. The fourth-order valence-corrected chi connectivity index (χ4v) is 6.82. The Hall–Kier alpha value is -5.27. The van der Waals surface area contributed by atoms with Crippen molar-refractivity contribution in [1.82, 2.24) is 30.1 Å². The van der Waals surface area contributed by atoms with Crippen LogP contribution in [0.15, 0.2) is 85.5 Å².